The molecule has 0 bridgehead atoms. The number of carbonyl (C=O) groups is 2. The molecule has 3 atom stereocenters. The van der Waals surface area contributed by atoms with E-state index in [9.17, 15) is 24.9 Å². The van der Waals surface area contributed by atoms with Gasteiger partial charge in [0.05, 0.1) is 37.0 Å². The van der Waals surface area contributed by atoms with Gasteiger partial charge in [0.15, 0.2) is 11.5 Å². The molecule has 4 N–H and O–H groups in total. The van der Waals surface area contributed by atoms with Crippen molar-refractivity contribution in [1.82, 2.24) is 10.2 Å². The van der Waals surface area contributed by atoms with Crippen LogP contribution >= 0.6 is 22.6 Å². The van der Waals surface area contributed by atoms with E-state index in [2.05, 4.69) is 27.9 Å². The van der Waals surface area contributed by atoms with Gasteiger partial charge in [-0.3, -0.25) is 9.59 Å². The summed E-state index contributed by atoms with van der Waals surface area (Å²) in [5.74, 6) is 0.884. The van der Waals surface area contributed by atoms with Gasteiger partial charge in [-0.25, -0.2) is 0 Å². The number of rotatable bonds is 13. The van der Waals surface area contributed by atoms with E-state index >= 15 is 0 Å². The molecule has 0 unspecified atom stereocenters. The maximum atomic E-state index is 13.6. The minimum atomic E-state index is -1.15. The highest BCUT2D eigenvalue weighted by molar-refractivity contribution is 14.1. The molecule has 2 aromatic rings. The molecule has 1 fully saturated rings. The first-order valence-corrected chi connectivity index (χ1v) is 14.7. The summed E-state index contributed by atoms with van der Waals surface area (Å²) in [6.45, 7) is -0.00733. The van der Waals surface area contributed by atoms with Gasteiger partial charge in [0.1, 0.15) is 18.0 Å². The third-order valence-electron chi connectivity index (χ3n) is 7.36. The van der Waals surface area contributed by atoms with Gasteiger partial charge in [0.2, 0.25) is 11.8 Å². The van der Waals surface area contributed by atoms with E-state index < -0.39 is 24.2 Å². The molecule has 41 heavy (non-hydrogen) atoms. The second-order valence-corrected chi connectivity index (χ2v) is 11.3. The first-order chi connectivity index (χ1) is 19.8. The van der Waals surface area contributed by atoms with Crippen molar-refractivity contribution in [3.63, 3.8) is 0 Å². The molecule has 4 rings (SSSR count). The zero-order valence-electron chi connectivity index (χ0n) is 23.2. The van der Waals surface area contributed by atoms with E-state index in [4.69, 9.17) is 14.2 Å². The van der Waals surface area contributed by atoms with Crippen molar-refractivity contribution in [2.75, 3.05) is 33.9 Å². The third kappa shape index (κ3) is 7.51. The summed E-state index contributed by atoms with van der Waals surface area (Å²) in [4.78, 5) is 28.4. The molecule has 222 valence electrons. The Hall–Kier alpha value is -2.87. The number of nitrogens with zero attached hydrogens (tertiary/aromatic N) is 1. The number of ether oxygens (including phenoxy) is 3. The summed E-state index contributed by atoms with van der Waals surface area (Å²) in [6, 6.07) is 10.3. The molecular formula is C30H37IN2O8. The van der Waals surface area contributed by atoms with Gasteiger partial charge in [-0.05, 0) is 77.3 Å². The number of nitrogens with one attached hydrogen (secondary N) is 1. The van der Waals surface area contributed by atoms with E-state index in [1.165, 1.54) is 7.11 Å². The molecule has 0 heterocycles. The van der Waals surface area contributed by atoms with E-state index in [0.29, 0.717) is 44.9 Å². The van der Waals surface area contributed by atoms with Gasteiger partial charge in [0, 0.05) is 31.0 Å². The number of aliphatic hydroxyl groups is 3. The Balaban J connectivity index is 1.68. The van der Waals surface area contributed by atoms with Crippen LogP contribution in [0.15, 0.2) is 48.0 Å². The summed E-state index contributed by atoms with van der Waals surface area (Å²) in [6.07, 6.45) is 1.65. The summed E-state index contributed by atoms with van der Waals surface area (Å²) in [5, 5.41) is 33.2. The van der Waals surface area contributed by atoms with Crippen LogP contribution in [-0.2, 0) is 22.6 Å². The van der Waals surface area contributed by atoms with Gasteiger partial charge >= 0.3 is 0 Å². The minimum absolute atomic E-state index is 0.0563. The molecule has 0 radical (unpaired) electrons. The second-order valence-electron chi connectivity index (χ2n) is 10.2. The quantitative estimate of drug-likeness (QED) is 0.237. The number of halogens is 1. The van der Waals surface area contributed by atoms with E-state index in [1.54, 1.807) is 30.2 Å². The molecule has 0 aromatic heterocycles. The fraction of sp³-hybridized carbons (Fsp3) is 0.467. The summed E-state index contributed by atoms with van der Waals surface area (Å²) < 4.78 is 18.0. The van der Waals surface area contributed by atoms with Gasteiger partial charge in [-0.1, -0.05) is 18.2 Å². The van der Waals surface area contributed by atoms with Crippen LogP contribution in [0.3, 0.4) is 0 Å². The van der Waals surface area contributed by atoms with Crippen LogP contribution in [-0.4, -0.2) is 84.2 Å². The lowest BCUT2D eigenvalue weighted by molar-refractivity contribution is -0.139. The highest BCUT2D eigenvalue weighted by Crippen LogP contribution is 2.38. The molecular weight excluding hydrogens is 643 g/mol. The van der Waals surface area contributed by atoms with Crippen LogP contribution in [0.4, 0.5) is 0 Å². The van der Waals surface area contributed by atoms with Crippen molar-refractivity contribution >= 4 is 34.4 Å². The molecule has 0 aliphatic heterocycles. The average Bonchev–Trinajstić information content (AvgIpc) is 3.84. The number of aliphatic hydroxyl groups excluding tert-OH is 3. The first kappa shape index (κ1) is 31.1. The van der Waals surface area contributed by atoms with E-state index in [1.807, 2.05) is 24.3 Å². The fourth-order valence-corrected chi connectivity index (χ4v) is 5.84. The molecule has 1 saturated carbocycles. The average molecular weight is 681 g/mol. The monoisotopic (exact) mass is 680 g/mol. The number of carbonyl (C=O) groups excluding carboxylic acids is 2. The highest BCUT2D eigenvalue weighted by atomic mass is 127. The Morgan fingerprint density at radius 1 is 1.10 bits per heavy atom. The van der Waals surface area contributed by atoms with Crippen LogP contribution in [0.25, 0.3) is 0 Å². The normalized spacial score (nSPS) is 20.1. The highest BCUT2D eigenvalue weighted by Gasteiger charge is 2.44. The van der Waals surface area contributed by atoms with Gasteiger partial charge in [-0.15, -0.1) is 0 Å². The topological polar surface area (TPSA) is 138 Å². The molecule has 2 amide bonds. The maximum absolute atomic E-state index is 13.6. The Bertz CT molecular complexity index is 1270. The zero-order chi connectivity index (χ0) is 29.5. The molecule has 0 saturated heterocycles. The van der Waals surface area contributed by atoms with E-state index in [0.717, 1.165) is 18.4 Å². The summed E-state index contributed by atoms with van der Waals surface area (Å²) in [7, 11) is 3.08. The van der Waals surface area contributed by atoms with Crippen molar-refractivity contribution in [3.8, 4) is 17.2 Å². The Morgan fingerprint density at radius 3 is 2.49 bits per heavy atom. The van der Waals surface area contributed by atoms with Crippen LogP contribution < -0.4 is 19.5 Å². The van der Waals surface area contributed by atoms with Crippen molar-refractivity contribution in [3.05, 3.63) is 62.7 Å². The number of para-hydroxylation sites is 1. The van der Waals surface area contributed by atoms with E-state index in [-0.39, 0.29) is 38.0 Å². The molecule has 10 nitrogen and oxygen atoms in total. The predicted octanol–water partition coefficient (Wildman–Crippen LogP) is 2.20. The lowest BCUT2D eigenvalue weighted by Crippen LogP contribution is -2.56. The van der Waals surface area contributed by atoms with Crippen LogP contribution in [0.5, 0.6) is 17.2 Å². The minimum Gasteiger partial charge on any atom is -0.496 e. The van der Waals surface area contributed by atoms with Crippen molar-refractivity contribution in [2.24, 2.45) is 5.92 Å². The zero-order valence-corrected chi connectivity index (χ0v) is 25.4. The predicted molar refractivity (Wildman–Crippen MR) is 160 cm³/mol. The molecule has 2 aliphatic rings. The molecule has 2 aromatic carbocycles. The number of methoxy groups -OCH3 is 2. The van der Waals surface area contributed by atoms with Crippen molar-refractivity contribution < 1.29 is 39.1 Å². The first-order valence-electron chi connectivity index (χ1n) is 13.6. The number of hydrogen-bond acceptors (Lipinski definition) is 8. The summed E-state index contributed by atoms with van der Waals surface area (Å²) >= 11 is 2.07. The van der Waals surface area contributed by atoms with Crippen LogP contribution in [0.1, 0.15) is 30.4 Å². The molecule has 0 spiro atoms. The number of benzene rings is 2. The Labute approximate surface area is 253 Å². The number of amides is 2. The number of hydrogen-bond donors (Lipinski definition) is 4. The SMILES string of the molecule is COc1ccccc1CCN(C(=O)C1CC1)[C@@H]1CC(C(=O)NCCO)=C[C@H](Oc2c(I)cc(CO)cc2OC)[C@H]1O. The molecule has 2 aliphatic carbocycles. The van der Waals surface area contributed by atoms with Crippen LogP contribution in [0.2, 0.25) is 0 Å². The van der Waals surface area contributed by atoms with Crippen molar-refractivity contribution in [2.45, 2.75) is 50.5 Å². The molecule has 11 heteroatoms. The lowest BCUT2D eigenvalue weighted by atomic mass is 9.87. The maximum Gasteiger partial charge on any atom is 0.247 e. The van der Waals surface area contributed by atoms with Crippen molar-refractivity contribution in [1.29, 1.82) is 0 Å². The van der Waals surface area contributed by atoms with Gasteiger partial charge < -0.3 is 39.7 Å². The van der Waals surface area contributed by atoms with Gasteiger partial charge in [-0.2, -0.15) is 0 Å². The lowest BCUT2D eigenvalue weighted by Gasteiger charge is -2.41. The second kappa shape index (κ2) is 14.3. The largest absolute Gasteiger partial charge is 0.496 e. The third-order valence-corrected chi connectivity index (χ3v) is 8.17. The Kier molecular flexibility index (Phi) is 10.9. The van der Waals surface area contributed by atoms with Crippen LogP contribution in [0, 0.1) is 9.49 Å². The van der Waals surface area contributed by atoms with Gasteiger partial charge in [0.25, 0.3) is 0 Å². The fourth-order valence-electron chi connectivity index (χ4n) is 5.05. The standard InChI is InChI=1S/C30H37IN2O8/c1-39-24-6-4-3-5-19(24)9-11-33(30(38)20-7-8-20)23-15-21(29(37)32-10-12-34)16-25(27(23)36)41-28-22(31)13-18(17-35)14-26(28)40-2/h3-6,13-14,16,20,23,25,27,34-36H,7-12,15,17H2,1-2H3,(H,32,37)/t23-,25+,27+/m1/s1. The smallest absolute Gasteiger partial charge is 0.247 e. The summed E-state index contributed by atoms with van der Waals surface area (Å²) in [5.41, 5.74) is 1.92. The Morgan fingerprint density at radius 2 is 1.83 bits per heavy atom.